The van der Waals surface area contributed by atoms with Gasteiger partial charge in [0.25, 0.3) is 0 Å². The van der Waals surface area contributed by atoms with Crippen molar-refractivity contribution in [2.75, 3.05) is 57.4 Å². The van der Waals surface area contributed by atoms with Crippen LogP contribution in [0.15, 0.2) is 60.7 Å². The van der Waals surface area contributed by atoms with E-state index in [9.17, 15) is 10.2 Å². The van der Waals surface area contributed by atoms with Crippen LogP contribution in [0.4, 0.5) is 5.69 Å². The van der Waals surface area contributed by atoms with Gasteiger partial charge in [0.2, 0.25) is 0 Å². The van der Waals surface area contributed by atoms with Crippen molar-refractivity contribution in [3.8, 4) is 11.5 Å². The fraction of sp³-hybridized carbons (Fsp3) is 0.500. The number of phenolic OH excluding ortho intramolecular Hbond substituents is 1. The van der Waals surface area contributed by atoms with E-state index in [1.54, 1.807) is 24.3 Å². The summed E-state index contributed by atoms with van der Waals surface area (Å²) in [6, 6.07) is 15.1. The van der Waals surface area contributed by atoms with Crippen molar-refractivity contribution >= 4 is 5.69 Å². The van der Waals surface area contributed by atoms with Gasteiger partial charge >= 0.3 is 0 Å². The van der Waals surface area contributed by atoms with E-state index in [4.69, 9.17) is 9.47 Å². The molecular weight excluding hydrogens is 428 g/mol. The first-order valence-corrected chi connectivity index (χ1v) is 12.6. The Kier molecular flexibility index (Phi) is 11.2. The van der Waals surface area contributed by atoms with Gasteiger partial charge in [0, 0.05) is 38.4 Å². The van der Waals surface area contributed by atoms with Gasteiger partial charge in [0.1, 0.15) is 11.5 Å². The monoisotopic (exact) mass is 468 g/mol. The van der Waals surface area contributed by atoms with Crippen LogP contribution < -0.4 is 9.64 Å². The molecule has 6 heteroatoms. The van der Waals surface area contributed by atoms with Crippen LogP contribution in [0.1, 0.15) is 44.3 Å². The highest BCUT2D eigenvalue weighted by Gasteiger charge is 2.12. The second kappa shape index (κ2) is 14.7. The SMILES string of the molecule is CCCCOc1ccc(N(CC=CCC(O)c2ccc(O)cc2)CCCN2CCOCC2)cc1. The predicted octanol–water partition coefficient (Wildman–Crippen LogP) is 4.78. The second-order valence-corrected chi connectivity index (χ2v) is 8.76. The van der Waals surface area contributed by atoms with E-state index >= 15 is 0 Å². The number of aromatic hydroxyl groups is 1. The number of aliphatic hydroxyl groups excluding tert-OH is 1. The van der Waals surface area contributed by atoms with Crippen molar-refractivity contribution in [3.05, 3.63) is 66.2 Å². The van der Waals surface area contributed by atoms with Crippen LogP contribution in [-0.4, -0.2) is 67.7 Å². The van der Waals surface area contributed by atoms with E-state index in [0.717, 1.165) is 83.1 Å². The molecule has 186 valence electrons. The third-order valence-electron chi connectivity index (χ3n) is 6.10. The van der Waals surface area contributed by atoms with E-state index in [2.05, 4.69) is 47.1 Å². The number of morpholine rings is 1. The van der Waals surface area contributed by atoms with Crippen LogP contribution in [0.5, 0.6) is 11.5 Å². The fourth-order valence-corrected chi connectivity index (χ4v) is 3.98. The summed E-state index contributed by atoms with van der Waals surface area (Å²) < 4.78 is 11.3. The minimum Gasteiger partial charge on any atom is -0.508 e. The molecule has 1 saturated heterocycles. The number of ether oxygens (including phenoxy) is 2. The first-order valence-electron chi connectivity index (χ1n) is 12.6. The predicted molar refractivity (Wildman–Crippen MR) is 138 cm³/mol. The second-order valence-electron chi connectivity index (χ2n) is 8.76. The van der Waals surface area contributed by atoms with E-state index in [-0.39, 0.29) is 5.75 Å². The van der Waals surface area contributed by atoms with E-state index in [1.165, 1.54) is 5.69 Å². The Bertz CT molecular complexity index is 832. The highest BCUT2D eigenvalue weighted by atomic mass is 16.5. The van der Waals surface area contributed by atoms with E-state index in [1.807, 2.05) is 6.08 Å². The summed E-state index contributed by atoms with van der Waals surface area (Å²) in [5.74, 6) is 1.12. The topological polar surface area (TPSA) is 65.4 Å². The summed E-state index contributed by atoms with van der Waals surface area (Å²) >= 11 is 0. The molecule has 1 aliphatic rings. The average Bonchev–Trinajstić information content (AvgIpc) is 2.87. The molecule has 1 unspecified atom stereocenters. The molecule has 6 nitrogen and oxygen atoms in total. The molecule has 2 aromatic rings. The van der Waals surface area contributed by atoms with Crippen molar-refractivity contribution in [2.45, 2.75) is 38.7 Å². The van der Waals surface area contributed by atoms with Gasteiger partial charge in [-0.05, 0) is 61.2 Å². The van der Waals surface area contributed by atoms with Gasteiger partial charge < -0.3 is 24.6 Å². The average molecular weight is 469 g/mol. The maximum Gasteiger partial charge on any atom is 0.119 e. The normalized spacial score (nSPS) is 15.5. The number of phenols is 1. The van der Waals surface area contributed by atoms with Crippen molar-refractivity contribution in [3.63, 3.8) is 0 Å². The maximum absolute atomic E-state index is 10.4. The van der Waals surface area contributed by atoms with Crippen LogP contribution in [-0.2, 0) is 4.74 Å². The largest absolute Gasteiger partial charge is 0.508 e. The molecule has 0 amide bonds. The summed E-state index contributed by atoms with van der Waals surface area (Å²) in [4.78, 5) is 4.84. The van der Waals surface area contributed by atoms with Crippen molar-refractivity contribution in [1.82, 2.24) is 4.90 Å². The van der Waals surface area contributed by atoms with Gasteiger partial charge in [-0.3, -0.25) is 4.90 Å². The summed E-state index contributed by atoms with van der Waals surface area (Å²) in [7, 11) is 0. The Balaban J connectivity index is 1.55. The molecule has 2 aromatic carbocycles. The maximum atomic E-state index is 10.4. The van der Waals surface area contributed by atoms with Gasteiger partial charge in [-0.2, -0.15) is 0 Å². The zero-order chi connectivity index (χ0) is 24.0. The number of hydrogen-bond acceptors (Lipinski definition) is 6. The number of nitrogens with zero attached hydrogens (tertiary/aromatic N) is 2. The van der Waals surface area contributed by atoms with Gasteiger partial charge in [-0.25, -0.2) is 0 Å². The molecule has 34 heavy (non-hydrogen) atoms. The quantitative estimate of drug-likeness (QED) is 0.307. The van der Waals surface area contributed by atoms with Crippen molar-refractivity contribution in [2.24, 2.45) is 0 Å². The highest BCUT2D eigenvalue weighted by molar-refractivity contribution is 5.49. The summed E-state index contributed by atoms with van der Waals surface area (Å²) in [6.07, 6.45) is 7.40. The lowest BCUT2D eigenvalue weighted by Gasteiger charge is -2.29. The van der Waals surface area contributed by atoms with Gasteiger partial charge in [0.15, 0.2) is 0 Å². The van der Waals surface area contributed by atoms with Crippen LogP contribution in [0.3, 0.4) is 0 Å². The smallest absolute Gasteiger partial charge is 0.119 e. The Morgan fingerprint density at radius 2 is 1.76 bits per heavy atom. The van der Waals surface area contributed by atoms with Crippen LogP contribution in [0.2, 0.25) is 0 Å². The molecule has 0 aliphatic carbocycles. The molecule has 0 spiro atoms. The van der Waals surface area contributed by atoms with E-state index in [0.29, 0.717) is 6.42 Å². The molecule has 0 radical (unpaired) electrons. The molecule has 2 N–H and O–H groups in total. The Morgan fingerprint density at radius 1 is 1.03 bits per heavy atom. The number of aliphatic hydroxyl groups is 1. The standard InChI is InChI=1S/C28H40N2O4/c1-2-3-21-34-27-14-10-25(11-15-27)30(18-6-16-29-19-22-33-23-20-29)17-5-4-7-28(32)24-8-12-26(31)13-9-24/h4-5,8-15,28,31-32H,2-3,6-7,16-23H2,1H3. The Morgan fingerprint density at radius 3 is 2.47 bits per heavy atom. The molecule has 3 rings (SSSR count). The zero-order valence-corrected chi connectivity index (χ0v) is 20.4. The highest BCUT2D eigenvalue weighted by Crippen LogP contribution is 2.22. The zero-order valence-electron chi connectivity index (χ0n) is 20.4. The Labute approximate surface area is 204 Å². The molecule has 0 aromatic heterocycles. The third kappa shape index (κ3) is 9.01. The number of anilines is 1. The van der Waals surface area contributed by atoms with Crippen molar-refractivity contribution < 1.29 is 19.7 Å². The number of unbranched alkanes of at least 4 members (excludes halogenated alkanes) is 1. The lowest BCUT2D eigenvalue weighted by Crippen LogP contribution is -2.38. The Hall–Kier alpha value is -2.54. The molecule has 1 atom stereocenters. The summed E-state index contributed by atoms with van der Waals surface area (Å²) in [6.45, 7) is 9.41. The third-order valence-corrected chi connectivity index (χ3v) is 6.10. The number of rotatable bonds is 14. The number of benzene rings is 2. The lowest BCUT2D eigenvalue weighted by molar-refractivity contribution is 0.0376. The molecular formula is C28H40N2O4. The van der Waals surface area contributed by atoms with Crippen LogP contribution in [0.25, 0.3) is 0 Å². The molecule has 1 heterocycles. The molecule has 1 aliphatic heterocycles. The summed E-state index contributed by atoms with van der Waals surface area (Å²) in [5, 5.41) is 19.9. The van der Waals surface area contributed by atoms with Crippen molar-refractivity contribution in [1.29, 1.82) is 0 Å². The number of hydrogen-bond donors (Lipinski definition) is 2. The van der Waals surface area contributed by atoms with Gasteiger partial charge in [-0.1, -0.05) is 37.6 Å². The lowest BCUT2D eigenvalue weighted by atomic mass is 10.1. The molecule has 0 bridgehead atoms. The first kappa shape index (κ1) is 26.1. The minimum absolute atomic E-state index is 0.209. The minimum atomic E-state index is -0.578. The fourth-order valence-electron chi connectivity index (χ4n) is 3.98. The molecule has 1 fully saturated rings. The molecule has 0 saturated carbocycles. The van der Waals surface area contributed by atoms with E-state index < -0.39 is 6.10 Å². The van der Waals surface area contributed by atoms with Crippen LogP contribution in [0, 0.1) is 0 Å². The first-order chi connectivity index (χ1) is 16.7. The van der Waals surface area contributed by atoms with Gasteiger partial charge in [0.05, 0.1) is 25.9 Å². The summed E-state index contributed by atoms with van der Waals surface area (Å²) in [5.41, 5.74) is 1.98. The van der Waals surface area contributed by atoms with Crippen LogP contribution >= 0.6 is 0 Å². The van der Waals surface area contributed by atoms with Gasteiger partial charge in [-0.15, -0.1) is 0 Å².